The molecule has 5 rings (SSSR count). The van der Waals surface area contributed by atoms with Gasteiger partial charge < -0.3 is 9.63 Å². The topological polar surface area (TPSA) is 46.3 Å². The van der Waals surface area contributed by atoms with Crippen molar-refractivity contribution in [2.75, 3.05) is 0 Å². The summed E-state index contributed by atoms with van der Waals surface area (Å²) in [6.07, 6.45) is 1.82. The van der Waals surface area contributed by atoms with E-state index in [-0.39, 0.29) is 17.8 Å². The number of aromatic nitrogens is 1. The van der Waals surface area contributed by atoms with Crippen molar-refractivity contribution in [2.45, 2.75) is 37.5 Å². The number of benzene rings is 3. The molecule has 150 valence electrons. The molecule has 3 heteroatoms. The van der Waals surface area contributed by atoms with Crippen molar-refractivity contribution in [1.29, 1.82) is 0 Å². The second-order valence-corrected chi connectivity index (χ2v) is 8.19. The minimum Gasteiger partial charge on any atom is -0.508 e. The Morgan fingerprint density at radius 3 is 2.23 bits per heavy atom. The number of fused-ring (bicyclic) bond motifs is 1. The fourth-order valence-corrected chi connectivity index (χ4v) is 4.89. The summed E-state index contributed by atoms with van der Waals surface area (Å²) in [5, 5.41) is 14.7. The predicted molar refractivity (Wildman–Crippen MR) is 118 cm³/mol. The number of phenols is 1. The highest BCUT2D eigenvalue weighted by atomic mass is 16.5. The average molecular weight is 396 g/mol. The lowest BCUT2D eigenvalue weighted by Crippen LogP contribution is -2.17. The fraction of sp³-hybridized carbons (Fsp3) is 0.222. The van der Waals surface area contributed by atoms with E-state index < -0.39 is 0 Å². The van der Waals surface area contributed by atoms with Crippen LogP contribution in [-0.4, -0.2) is 10.3 Å². The second kappa shape index (κ2) is 7.83. The van der Waals surface area contributed by atoms with Gasteiger partial charge in [-0.3, -0.25) is 0 Å². The van der Waals surface area contributed by atoms with E-state index in [1.165, 1.54) is 16.7 Å². The number of nitrogens with zero attached hydrogens (tertiary/aromatic N) is 1. The molecule has 2 atom stereocenters. The van der Waals surface area contributed by atoms with E-state index in [0.717, 1.165) is 29.9 Å². The average Bonchev–Trinajstić information content (AvgIpc) is 3.26. The molecule has 4 aromatic rings. The van der Waals surface area contributed by atoms with Gasteiger partial charge in [0.2, 0.25) is 0 Å². The summed E-state index contributed by atoms with van der Waals surface area (Å²) in [4.78, 5) is 0. The van der Waals surface area contributed by atoms with Gasteiger partial charge in [0, 0.05) is 12.0 Å². The van der Waals surface area contributed by atoms with Crippen LogP contribution in [0.25, 0.3) is 0 Å². The molecule has 3 aromatic carbocycles. The first-order chi connectivity index (χ1) is 14.7. The maximum absolute atomic E-state index is 10.2. The molecule has 0 radical (unpaired) electrons. The van der Waals surface area contributed by atoms with Gasteiger partial charge in [0.05, 0.1) is 11.6 Å². The highest BCUT2D eigenvalue weighted by Crippen LogP contribution is 2.45. The smallest absolute Gasteiger partial charge is 0.148 e. The quantitative estimate of drug-likeness (QED) is 0.435. The third-order valence-corrected chi connectivity index (χ3v) is 6.46. The molecule has 30 heavy (non-hydrogen) atoms. The molecule has 0 amide bonds. The summed E-state index contributed by atoms with van der Waals surface area (Å²) in [5.74, 6) is 1.86. The monoisotopic (exact) mass is 395 g/mol. The minimum atomic E-state index is 0.0175. The molecule has 1 N–H and O–H groups in total. The van der Waals surface area contributed by atoms with Crippen molar-refractivity contribution in [3.8, 4) is 5.75 Å². The summed E-state index contributed by atoms with van der Waals surface area (Å²) in [6, 6.07) is 28.9. The van der Waals surface area contributed by atoms with E-state index in [0.29, 0.717) is 5.75 Å². The van der Waals surface area contributed by atoms with Gasteiger partial charge in [-0.2, -0.15) is 0 Å². The summed E-state index contributed by atoms with van der Waals surface area (Å²) >= 11 is 0. The molecule has 0 bridgehead atoms. The predicted octanol–water partition coefficient (Wildman–Crippen LogP) is 6.39. The number of hydrogen-bond acceptors (Lipinski definition) is 3. The highest BCUT2D eigenvalue weighted by molar-refractivity contribution is 5.45. The van der Waals surface area contributed by atoms with E-state index in [1.54, 1.807) is 6.07 Å². The largest absolute Gasteiger partial charge is 0.508 e. The lowest BCUT2D eigenvalue weighted by Gasteiger charge is -2.30. The standard InChI is InChI=1S/C27H25NO2/c1-18-21-13-8-14-25(29)23(21)16-15-22(18)24-17-26(30-28-24)27(19-9-4-2-5-10-19)20-11-6-3-7-12-20/h2-14,17-18,22,27,29H,15-16H2,1H3. The van der Waals surface area contributed by atoms with E-state index in [9.17, 15) is 5.11 Å². The molecule has 0 saturated heterocycles. The maximum atomic E-state index is 10.2. The molecule has 1 aromatic heterocycles. The molecule has 0 aliphatic heterocycles. The molecular weight excluding hydrogens is 370 g/mol. The van der Waals surface area contributed by atoms with Crippen LogP contribution >= 0.6 is 0 Å². The Morgan fingerprint density at radius 2 is 1.57 bits per heavy atom. The van der Waals surface area contributed by atoms with Gasteiger partial charge >= 0.3 is 0 Å². The zero-order valence-corrected chi connectivity index (χ0v) is 17.0. The van der Waals surface area contributed by atoms with Crippen LogP contribution in [-0.2, 0) is 6.42 Å². The summed E-state index contributed by atoms with van der Waals surface area (Å²) in [7, 11) is 0. The van der Waals surface area contributed by atoms with Crippen LogP contribution in [0.2, 0.25) is 0 Å². The molecular formula is C27H25NO2. The molecule has 0 fully saturated rings. The van der Waals surface area contributed by atoms with Crippen LogP contribution < -0.4 is 0 Å². The van der Waals surface area contributed by atoms with E-state index in [1.807, 2.05) is 18.2 Å². The van der Waals surface area contributed by atoms with Gasteiger partial charge in [0.25, 0.3) is 0 Å². The van der Waals surface area contributed by atoms with Crippen LogP contribution in [0.15, 0.2) is 89.5 Å². The van der Waals surface area contributed by atoms with Crippen LogP contribution in [0, 0.1) is 0 Å². The van der Waals surface area contributed by atoms with E-state index in [4.69, 9.17) is 4.52 Å². The van der Waals surface area contributed by atoms with Crippen molar-refractivity contribution in [3.63, 3.8) is 0 Å². The Morgan fingerprint density at radius 1 is 0.900 bits per heavy atom. The van der Waals surface area contributed by atoms with Gasteiger partial charge in [-0.1, -0.05) is 84.9 Å². The van der Waals surface area contributed by atoms with Crippen LogP contribution in [0.3, 0.4) is 0 Å². The lowest BCUT2D eigenvalue weighted by molar-refractivity contribution is 0.360. The Kier molecular flexibility index (Phi) is 4.88. The SMILES string of the molecule is CC1c2cccc(O)c2CCC1c1cc(C(c2ccccc2)c2ccccc2)on1. The zero-order valence-electron chi connectivity index (χ0n) is 17.0. The normalized spacial score (nSPS) is 18.3. The molecule has 1 aliphatic rings. The molecule has 2 unspecified atom stereocenters. The Balaban J connectivity index is 1.51. The fourth-order valence-electron chi connectivity index (χ4n) is 4.89. The first-order valence-corrected chi connectivity index (χ1v) is 10.6. The van der Waals surface area contributed by atoms with Gasteiger partial charge in [-0.05, 0) is 47.1 Å². The van der Waals surface area contributed by atoms with Crippen molar-refractivity contribution in [3.05, 3.63) is 119 Å². The van der Waals surface area contributed by atoms with Crippen molar-refractivity contribution in [2.24, 2.45) is 0 Å². The third kappa shape index (κ3) is 3.30. The summed E-state index contributed by atoms with van der Waals surface area (Å²) in [5.41, 5.74) is 5.69. The summed E-state index contributed by atoms with van der Waals surface area (Å²) < 4.78 is 5.95. The molecule has 0 saturated carbocycles. The van der Waals surface area contributed by atoms with Crippen molar-refractivity contribution >= 4 is 0 Å². The maximum Gasteiger partial charge on any atom is 0.148 e. The Labute approximate surface area is 177 Å². The van der Waals surface area contributed by atoms with Gasteiger partial charge in [-0.25, -0.2) is 0 Å². The van der Waals surface area contributed by atoms with Crippen molar-refractivity contribution < 1.29 is 9.63 Å². The third-order valence-electron chi connectivity index (χ3n) is 6.46. The minimum absolute atomic E-state index is 0.0175. The first-order valence-electron chi connectivity index (χ1n) is 10.6. The van der Waals surface area contributed by atoms with Crippen LogP contribution in [0.5, 0.6) is 5.75 Å². The lowest BCUT2D eigenvalue weighted by atomic mass is 9.74. The number of rotatable bonds is 4. The van der Waals surface area contributed by atoms with Gasteiger partial charge in [0.1, 0.15) is 11.5 Å². The van der Waals surface area contributed by atoms with E-state index in [2.05, 4.69) is 72.7 Å². The zero-order chi connectivity index (χ0) is 20.5. The summed E-state index contributed by atoms with van der Waals surface area (Å²) in [6.45, 7) is 2.22. The van der Waals surface area contributed by atoms with Gasteiger partial charge in [0.15, 0.2) is 0 Å². The van der Waals surface area contributed by atoms with Gasteiger partial charge in [-0.15, -0.1) is 0 Å². The molecule has 3 nitrogen and oxygen atoms in total. The number of hydrogen-bond donors (Lipinski definition) is 1. The van der Waals surface area contributed by atoms with Crippen LogP contribution in [0.1, 0.15) is 64.8 Å². The van der Waals surface area contributed by atoms with E-state index >= 15 is 0 Å². The molecule has 0 spiro atoms. The Bertz CT molecular complexity index is 1090. The highest BCUT2D eigenvalue weighted by Gasteiger charge is 2.32. The number of phenolic OH excluding ortho intramolecular Hbond substituents is 1. The first kappa shape index (κ1) is 18.7. The number of aromatic hydroxyl groups is 1. The molecule has 1 heterocycles. The second-order valence-electron chi connectivity index (χ2n) is 8.19. The van der Waals surface area contributed by atoms with Crippen LogP contribution in [0.4, 0.5) is 0 Å². The Hall–Kier alpha value is -3.33. The molecule has 1 aliphatic carbocycles. The van der Waals surface area contributed by atoms with Crippen molar-refractivity contribution in [1.82, 2.24) is 5.16 Å².